The summed E-state index contributed by atoms with van der Waals surface area (Å²) in [5.41, 5.74) is 0.357. The summed E-state index contributed by atoms with van der Waals surface area (Å²) in [6.45, 7) is 3.85. The minimum atomic E-state index is -0.324. The number of nitrogens with one attached hydrogen (secondary N) is 2. The third kappa shape index (κ3) is 6.07. The van der Waals surface area contributed by atoms with E-state index in [1.54, 1.807) is 24.3 Å². The molecule has 0 radical (unpaired) electrons. The smallest absolute Gasteiger partial charge is 0.262 e. The number of aromatic nitrogens is 2. The van der Waals surface area contributed by atoms with Crippen LogP contribution in [0.3, 0.4) is 0 Å². The van der Waals surface area contributed by atoms with Crippen molar-refractivity contribution in [2.75, 3.05) is 18.9 Å². The van der Waals surface area contributed by atoms with E-state index in [1.165, 1.54) is 4.57 Å². The summed E-state index contributed by atoms with van der Waals surface area (Å²) in [7, 11) is 0. The largest absolute Gasteiger partial charge is 0.396 e. The van der Waals surface area contributed by atoms with Crippen molar-refractivity contribution in [1.29, 1.82) is 0 Å². The van der Waals surface area contributed by atoms with Crippen LogP contribution in [0.15, 0.2) is 34.2 Å². The molecule has 1 aromatic carbocycles. The molecule has 0 spiro atoms. The van der Waals surface area contributed by atoms with Crippen molar-refractivity contribution in [3.8, 4) is 0 Å². The number of carbonyl (C=O) groups excluding carboxylic acids is 2. The monoisotopic (exact) mass is 392 g/mol. The number of thioether (sulfide) groups is 1. The average Bonchev–Trinajstić information content (AvgIpc) is 2.63. The first-order valence-electron chi connectivity index (χ1n) is 8.71. The van der Waals surface area contributed by atoms with E-state index in [-0.39, 0.29) is 42.3 Å². The molecule has 8 nitrogen and oxygen atoms in total. The Balaban J connectivity index is 2.09. The molecule has 1 aromatic heterocycles. The molecule has 2 aromatic rings. The number of carbonyl (C=O) groups is 2. The standard InChI is InChI=1S/C18H24N4O4S/c1-12(2)20-15(24)10-19-16(25)11-27-18-21-14-7-4-3-6-13(14)17(26)22(18)8-5-9-23/h3-4,6-7,12,23H,5,8-11H2,1-2H3,(H,19,25)(H,20,24). The molecule has 0 saturated heterocycles. The second kappa shape index (κ2) is 10.1. The highest BCUT2D eigenvalue weighted by Gasteiger charge is 2.13. The fraction of sp³-hybridized carbons (Fsp3) is 0.444. The van der Waals surface area contributed by atoms with Gasteiger partial charge in [0.2, 0.25) is 11.8 Å². The highest BCUT2D eigenvalue weighted by atomic mass is 32.2. The maximum Gasteiger partial charge on any atom is 0.262 e. The van der Waals surface area contributed by atoms with Crippen LogP contribution in [0.4, 0.5) is 0 Å². The van der Waals surface area contributed by atoms with Crippen molar-refractivity contribution >= 4 is 34.5 Å². The van der Waals surface area contributed by atoms with Crippen LogP contribution in [0.25, 0.3) is 10.9 Å². The molecule has 146 valence electrons. The topological polar surface area (TPSA) is 113 Å². The summed E-state index contributed by atoms with van der Waals surface area (Å²) in [5.74, 6) is -0.555. The molecule has 1 heterocycles. The maximum atomic E-state index is 12.7. The Morgan fingerprint density at radius 3 is 2.70 bits per heavy atom. The molecule has 0 bridgehead atoms. The van der Waals surface area contributed by atoms with Crippen molar-refractivity contribution in [3.05, 3.63) is 34.6 Å². The third-order valence-corrected chi connectivity index (χ3v) is 4.57. The average molecular weight is 392 g/mol. The zero-order valence-corrected chi connectivity index (χ0v) is 16.2. The van der Waals surface area contributed by atoms with Crippen LogP contribution >= 0.6 is 11.8 Å². The number of nitrogens with zero attached hydrogens (tertiary/aromatic N) is 2. The van der Waals surface area contributed by atoms with Gasteiger partial charge in [-0.1, -0.05) is 23.9 Å². The van der Waals surface area contributed by atoms with E-state index in [9.17, 15) is 14.4 Å². The zero-order valence-electron chi connectivity index (χ0n) is 15.4. The van der Waals surface area contributed by atoms with Crippen LogP contribution < -0.4 is 16.2 Å². The number of hydrogen-bond acceptors (Lipinski definition) is 6. The Bertz CT molecular complexity index is 866. The Kier molecular flexibility index (Phi) is 7.81. The van der Waals surface area contributed by atoms with Gasteiger partial charge < -0.3 is 15.7 Å². The van der Waals surface area contributed by atoms with Gasteiger partial charge in [-0.2, -0.15) is 0 Å². The van der Waals surface area contributed by atoms with E-state index in [0.29, 0.717) is 29.0 Å². The van der Waals surface area contributed by atoms with Crippen LogP contribution in [0.5, 0.6) is 0 Å². The molecular weight excluding hydrogens is 368 g/mol. The first-order valence-corrected chi connectivity index (χ1v) is 9.70. The summed E-state index contributed by atoms with van der Waals surface area (Å²) in [4.78, 5) is 40.8. The molecular formula is C18H24N4O4S. The first kappa shape index (κ1) is 20.9. The highest BCUT2D eigenvalue weighted by molar-refractivity contribution is 7.99. The van der Waals surface area contributed by atoms with Crippen molar-refractivity contribution < 1.29 is 14.7 Å². The van der Waals surface area contributed by atoms with Gasteiger partial charge in [0, 0.05) is 19.2 Å². The van der Waals surface area contributed by atoms with Crippen LogP contribution in [-0.2, 0) is 16.1 Å². The summed E-state index contributed by atoms with van der Waals surface area (Å²) in [6.07, 6.45) is 0.412. The first-order chi connectivity index (χ1) is 12.9. The van der Waals surface area contributed by atoms with Crippen molar-refractivity contribution in [2.24, 2.45) is 0 Å². The number of para-hydroxylation sites is 1. The summed E-state index contributed by atoms with van der Waals surface area (Å²) in [5, 5.41) is 15.2. The minimum Gasteiger partial charge on any atom is -0.396 e. The third-order valence-electron chi connectivity index (χ3n) is 3.59. The van der Waals surface area contributed by atoms with Crippen LogP contribution in [0.1, 0.15) is 20.3 Å². The van der Waals surface area contributed by atoms with Gasteiger partial charge in [0.15, 0.2) is 5.16 Å². The van der Waals surface area contributed by atoms with Crippen molar-refractivity contribution in [2.45, 2.75) is 38.0 Å². The van der Waals surface area contributed by atoms with Gasteiger partial charge >= 0.3 is 0 Å². The van der Waals surface area contributed by atoms with E-state index >= 15 is 0 Å². The SMILES string of the molecule is CC(C)NC(=O)CNC(=O)CSc1nc2ccccc2c(=O)n1CCCO. The second-order valence-electron chi connectivity index (χ2n) is 6.23. The lowest BCUT2D eigenvalue weighted by Gasteiger charge is -2.13. The molecule has 0 aliphatic carbocycles. The molecule has 2 amide bonds. The van der Waals surface area contributed by atoms with Crippen LogP contribution in [-0.4, -0.2) is 51.4 Å². The Hall–Kier alpha value is -2.39. The Morgan fingerprint density at radius 2 is 2.00 bits per heavy atom. The molecule has 0 fully saturated rings. The maximum absolute atomic E-state index is 12.7. The number of benzene rings is 1. The lowest BCUT2D eigenvalue weighted by atomic mass is 10.2. The fourth-order valence-corrected chi connectivity index (χ4v) is 3.27. The van der Waals surface area contributed by atoms with Crippen molar-refractivity contribution in [1.82, 2.24) is 20.2 Å². The predicted octanol–water partition coefficient (Wildman–Crippen LogP) is 0.512. The lowest BCUT2D eigenvalue weighted by Crippen LogP contribution is -2.40. The van der Waals surface area contributed by atoms with Crippen molar-refractivity contribution in [3.63, 3.8) is 0 Å². The van der Waals surface area contributed by atoms with Gasteiger partial charge in [0.1, 0.15) is 0 Å². The van der Waals surface area contributed by atoms with Crippen LogP contribution in [0.2, 0.25) is 0 Å². The predicted molar refractivity (Wildman–Crippen MR) is 105 cm³/mol. The molecule has 2 rings (SSSR count). The van der Waals surface area contributed by atoms with Gasteiger partial charge in [0.25, 0.3) is 5.56 Å². The van der Waals surface area contributed by atoms with Gasteiger partial charge in [0.05, 0.1) is 23.2 Å². The number of amides is 2. The number of fused-ring (bicyclic) bond motifs is 1. The molecule has 0 aliphatic rings. The van der Waals surface area contributed by atoms with E-state index in [0.717, 1.165) is 11.8 Å². The summed E-state index contributed by atoms with van der Waals surface area (Å²) < 4.78 is 1.47. The van der Waals surface area contributed by atoms with E-state index in [2.05, 4.69) is 15.6 Å². The van der Waals surface area contributed by atoms with E-state index in [1.807, 2.05) is 13.8 Å². The van der Waals surface area contributed by atoms with Gasteiger partial charge in [-0.15, -0.1) is 0 Å². The molecule has 0 saturated carbocycles. The molecule has 3 N–H and O–H groups in total. The number of hydrogen-bond donors (Lipinski definition) is 3. The highest BCUT2D eigenvalue weighted by Crippen LogP contribution is 2.17. The van der Waals surface area contributed by atoms with Gasteiger partial charge in [-0.3, -0.25) is 19.0 Å². The Morgan fingerprint density at radius 1 is 1.26 bits per heavy atom. The second-order valence-corrected chi connectivity index (χ2v) is 7.18. The normalized spacial score (nSPS) is 11.0. The fourth-order valence-electron chi connectivity index (χ4n) is 2.42. The minimum absolute atomic E-state index is 0.00605. The van der Waals surface area contributed by atoms with Crippen LogP contribution in [0, 0.1) is 0 Å². The number of aliphatic hydroxyl groups is 1. The lowest BCUT2D eigenvalue weighted by molar-refractivity contribution is -0.125. The molecule has 0 unspecified atom stereocenters. The molecule has 0 atom stereocenters. The molecule has 0 aliphatic heterocycles. The Labute approximate surface area is 161 Å². The summed E-state index contributed by atoms with van der Waals surface area (Å²) >= 11 is 1.13. The van der Waals surface area contributed by atoms with E-state index < -0.39 is 0 Å². The van der Waals surface area contributed by atoms with Gasteiger partial charge in [-0.25, -0.2) is 4.98 Å². The number of rotatable bonds is 9. The summed E-state index contributed by atoms with van der Waals surface area (Å²) in [6, 6.07) is 7.01. The zero-order chi connectivity index (χ0) is 19.8. The molecule has 9 heteroatoms. The van der Waals surface area contributed by atoms with E-state index in [4.69, 9.17) is 5.11 Å². The molecule has 27 heavy (non-hydrogen) atoms. The number of aliphatic hydroxyl groups excluding tert-OH is 1. The quantitative estimate of drug-likeness (QED) is 0.423. The van der Waals surface area contributed by atoms with Gasteiger partial charge in [-0.05, 0) is 32.4 Å².